The topological polar surface area (TPSA) is 26.2 Å². The smallest absolute Gasteiger partial charge is 0.143 e. The normalized spacial score (nSPS) is 11.0. The molecule has 0 aliphatic heterocycles. The molecule has 3 nitrogen and oxygen atoms in total. The second-order valence-corrected chi connectivity index (χ2v) is 5.49. The van der Waals surface area contributed by atoms with Crippen LogP contribution in [0.3, 0.4) is 0 Å². The van der Waals surface area contributed by atoms with Gasteiger partial charge in [-0.1, -0.05) is 12.1 Å². The molecule has 0 saturated heterocycles. The van der Waals surface area contributed by atoms with Crippen molar-refractivity contribution in [3.05, 3.63) is 54.7 Å². The van der Waals surface area contributed by atoms with E-state index in [1.807, 2.05) is 38.1 Å². The number of ether oxygens (including phenoxy) is 1. The summed E-state index contributed by atoms with van der Waals surface area (Å²) in [5.41, 5.74) is 3.28. The molecule has 0 bridgehead atoms. The van der Waals surface area contributed by atoms with Gasteiger partial charge in [0.15, 0.2) is 0 Å². The first-order valence-corrected chi connectivity index (χ1v) is 7.21. The number of nitrogens with one attached hydrogen (secondary N) is 1. The lowest BCUT2D eigenvalue weighted by molar-refractivity contribution is 0.244. The van der Waals surface area contributed by atoms with Gasteiger partial charge in [-0.05, 0) is 50.2 Å². The van der Waals surface area contributed by atoms with Crippen LogP contribution in [0.1, 0.15) is 13.8 Å². The third-order valence-electron chi connectivity index (χ3n) is 3.41. The van der Waals surface area contributed by atoms with Gasteiger partial charge in [-0.3, -0.25) is 0 Å². The number of aromatic nitrogens is 1. The van der Waals surface area contributed by atoms with Gasteiger partial charge in [0.2, 0.25) is 0 Å². The van der Waals surface area contributed by atoms with Crippen molar-refractivity contribution in [2.45, 2.75) is 20.0 Å². The van der Waals surface area contributed by atoms with E-state index in [0.717, 1.165) is 17.1 Å². The number of nitrogens with zero attached hydrogens (tertiary/aromatic N) is 1. The minimum absolute atomic E-state index is 0.157. The third-order valence-corrected chi connectivity index (χ3v) is 3.41. The molecule has 0 unspecified atom stereocenters. The molecular weight excluding hydrogens is 260 g/mol. The SMILES string of the molecule is CC(C)Oc1ccccc1Nc1ccc2c(ccn2C)c1. The van der Waals surface area contributed by atoms with Crippen LogP contribution >= 0.6 is 0 Å². The summed E-state index contributed by atoms with van der Waals surface area (Å²) in [6.45, 7) is 4.07. The molecule has 1 aromatic heterocycles. The number of aryl methyl sites for hydroxylation is 1. The highest BCUT2D eigenvalue weighted by Gasteiger charge is 2.06. The zero-order valence-corrected chi connectivity index (χ0v) is 12.6. The van der Waals surface area contributed by atoms with Crippen LogP contribution in [-0.4, -0.2) is 10.7 Å². The van der Waals surface area contributed by atoms with Crippen LogP contribution in [0, 0.1) is 0 Å². The number of fused-ring (bicyclic) bond motifs is 1. The lowest BCUT2D eigenvalue weighted by Gasteiger charge is -2.15. The minimum Gasteiger partial charge on any atom is -0.489 e. The largest absolute Gasteiger partial charge is 0.489 e. The summed E-state index contributed by atoms with van der Waals surface area (Å²) in [6, 6.07) is 16.5. The zero-order valence-electron chi connectivity index (χ0n) is 12.6. The molecule has 1 N–H and O–H groups in total. The molecule has 0 saturated carbocycles. The maximum atomic E-state index is 5.84. The highest BCUT2D eigenvalue weighted by Crippen LogP contribution is 2.29. The number of benzene rings is 2. The lowest BCUT2D eigenvalue weighted by atomic mass is 10.2. The Balaban J connectivity index is 1.91. The number of hydrogen-bond acceptors (Lipinski definition) is 2. The Hall–Kier alpha value is -2.42. The van der Waals surface area contributed by atoms with E-state index in [1.165, 1.54) is 10.9 Å². The molecule has 0 fully saturated rings. The zero-order chi connectivity index (χ0) is 14.8. The fourth-order valence-electron chi connectivity index (χ4n) is 2.44. The van der Waals surface area contributed by atoms with E-state index in [4.69, 9.17) is 4.74 Å². The molecule has 0 amide bonds. The first-order chi connectivity index (χ1) is 10.1. The first kappa shape index (κ1) is 13.6. The van der Waals surface area contributed by atoms with E-state index in [-0.39, 0.29) is 6.10 Å². The third kappa shape index (κ3) is 2.87. The van der Waals surface area contributed by atoms with Crippen molar-refractivity contribution in [3.63, 3.8) is 0 Å². The molecule has 2 aromatic carbocycles. The first-order valence-electron chi connectivity index (χ1n) is 7.21. The number of hydrogen-bond donors (Lipinski definition) is 1. The van der Waals surface area contributed by atoms with Gasteiger partial charge in [0.05, 0.1) is 11.8 Å². The van der Waals surface area contributed by atoms with Crippen LogP contribution in [-0.2, 0) is 7.05 Å². The number of anilines is 2. The molecular formula is C18H20N2O. The molecule has 3 heteroatoms. The average Bonchev–Trinajstić information content (AvgIpc) is 2.82. The van der Waals surface area contributed by atoms with Gasteiger partial charge >= 0.3 is 0 Å². The number of para-hydroxylation sites is 2. The van der Waals surface area contributed by atoms with Crippen molar-refractivity contribution in [1.82, 2.24) is 4.57 Å². The Kier molecular flexibility index (Phi) is 3.57. The molecule has 0 aliphatic rings. The Morgan fingerprint density at radius 2 is 1.86 bits per heavy atom. The van der Waals surface area contributed by atoms with Gasteiger partial charge in [-0.2, -0.15) is 0 Å². The number of rotatable bonds is 4. The Labute approximate surface area is 125 Å². The monoisotopic (exact) mass is 280 g/mol. The molecule has 0 aliphatic carbocycles. The summed E-state index contributed by atoms with van der Waals surface area (Å²) in [5.74, 6) is 0.876. The molecule has 21 heavy (non-hydrogen) atoms. The van der Waals surface area contributed by atoms with E-state index >= 15 is 0 Å². The lowest BCUT2D eigenvalue weighted by Crippen LogP contribution is -2.07. The van der Waals surface area contributed by atoms with Crippen LogP contribution in [0.25, 0.3) is 10.9 Å². The van der Waals surface area contributed by atoms with Gasteiger partial charge in [-0.25, -0.2) is 0 Å². The summed E-state index contributed by atoms with van der Waals surface area (Å²) in [4.78, 5) is 0. The maximum absolute atomic E-state index is 5.84. The van der Waals surface area contributed by atoms with Gasteiger partial charge < -0.3 is 14.6 Å². The molecule has 0 radical (unpaired) electrons. The summed E-state index contributed by atoms with van der Waals surface area (Å²) in [6.07, 6.45) is 2.23. The van der Waals surface area contributed by atoms with Gasteiger partial charge in [-0.15, -0.1) is 0 Å². The molecule has 0 spiro atoms. The van der Waals surface area contributed by atoms with Gasteiger partial charge in [0.1, 0.15) is 5.75 Å². The van der Waals surface area contributed by atoms with Gasteiger partial charge in [0.25, 0.3) is 0 Å². The fraction of sp³-hybridized carbons (Fsp3) is 0.222. The van der Waals surface area contributed by atoms with Crippen molar-refractivity contribution in [2.75, 3.05) is 5.32 Å². The summed E-state index contributed by atoms with van der Waals surface area (Å²) in [5, 5.41) is 4.67. The molecule has 3 aromatic rings. The Morgan fingerprint density at radius 3 is 2.67 bits per heavy atom. The van der Waals surface area contributed by atoms with E-state index in [9.17, 15) is 0 Å². The van der Waals surface area contributed by atoms with Crippen LogP contribution in [0.15, 0.2) is 54.7 Å². The van der Waals surface area contributed by atoms with Gasteiger partial charge in [0, 0.05) is 29.8 Å². The molecule has 0 atom stereocenters. The van der Waals surface area contributed by atoms with Crippen molar-refractivity contribution in [2.24, 2.45) is 7.05 Å². The fourth-order valence-corrected chi connectivity index (χ4v) is 2.44. The van der Waals surface area contributed by atoms with E-state index in [0.29, 0.717) is 0 Å². The summed E-state index contributed by atoms with van der Waals surface area (Å²) < 4.78 is 7.96. The highest BCUT2D eigenvalue weighted by atomic mass is 16.5. The second kappa shape index (κ2) is 5.52. The van der Waals surface area contributed by atoms with Crippen LogP contribution in [0.4, 0.5) is 11.4 Å². The quantitative estimate of drug-likeness (QED) is 0.749. The van der Waals surface area contributed by atoms with E-state index < -0.39 is 0 Å². The molecule has 108 valence electrons. The predicted molar refractivity (Wildman–Crippen MR) is 88.4 cm³/mol. The van der Waals surface area contributed by atoms with Crippen LogP contribution < -0.4 is 10.1 Å². The highest BCUT2D eigenvalue weighted by molar-refractivity contribution is 5.85. The predicted octanol–water partition coefficient (Wildman–Crippen LogP) is 4.71. The summed E-state index contributed by atoms with van der Waals surface area (Å²) in [7, 11) is 2.06. The Bertz CT molecular complexity index is 759. The standard InChI is InChI=1S/C18H20N2O/c1-13(2)21-18-7-5-4-6-16(18)19-15-8-9-17-14(12-15)10-11-20(17)3/h4-13,19H,1-3H3. The van der Waals surface area contributed by atoms with Crippen molar-refractivity contribution in [3.8, 4) is 5.75 Å². The average molecular weight is 280 g/mol. The minimum atomic E-state index is 0.157. The molecule has 3 rings (SSSR count). The van der Waals surface area contributed by atoms with Crippen LogP contribution in [0.5, 0.6) is 5.75 Å². The summed E-state index contributed by atoms with van der Waals surface area (Å²) >= 11 is 0. The Morgan fingerprint density at radius 1 is 1.05 bits per heavy atom. The van der Waals surface area contributed by atoms with Crippen molar-refractivity contribution < 1.29 is 4.74 Å². The van der Waals surface area contributed by atoms with E-state index in [2.05, 4.69) is 47.4 Å². The molecule has 1 heterocycles. The van der Waals surface area contributed by atoms with E-state index in [1.54, 1.807) is 0 Å². The van der Waals surface area contributed by atoms with Crippen LogP contribution in [0.2, 0.25) is 0 Å². The van der Waals surface area contributed by atoms with Crippen molar-refractivity contribution in [1.29, 1.82) is 0 Å². The second-order valence-electron chi connectivity index (χ2n) is 5.49. The van der Waals surface area contributed by atoms with Crippen molar-refractivity contribution >= 4 is 22.3 Å². The maximum Gasteiger partial charge on any atom is 0.143 e.